The molecule has 1 aromatic carbocycles. The lowest BCUT2D eigenvalue weighted by molar-refractivity contribution is 0.0984. The molecule has 1 fully saturated rings. The number of nitrogens with two attached hydrogens (primary N) is 1. The van der Waals surface area contributed by atoms with E-state index in [0.29, 0.717) is 18.6 Å². The molecule has 0 radical (unpaired) electrons. The van der Waals surface area contributed by atoms with Crippen molar-refractivity contribution in [3.05, 3.63) is 29.8 Å². The minimum absolute atomic E-state index is 0.309. The van der Waals surface area contributed by atoms with Crippen molar-refractivity contribution in [1.29, 1.82) is 0 Å². The lowest BCUT2D eigenvalue weighted by Crippen LogP contribution is -2.47. The first kappa shape index (κ1) is 15.3. The molecule has 1 saturated heterocycles. The average molecular weight is 277 g/mol. The van der Waals surface area contributed by atoms with Crippen LogP contribution in [0.5, 0.6) is 5.75 Å². The van der Waals surface area contributed by atoms with Crippen LogP contribution < -0.4 is 10.5 Å². The number of hydrogen-bond acceptors (Lipinski definition) is 4. The Bertz CT molecular complexity index is 405. The number of hydrogen-bond donors (Lipinski definition) is 1. The van der Waals surface area contributed by atoms with E-state index >= 15 is 0 Å². The van der Waals surface area contributed by atoms with Crippen molar-refractivity contribution in [3.63, 3.8) is 0 Å². The molecule has 1 heterocycles. The highest BCUT2D eigenvalue weighted by molar-refractivity contribution is 5.29. The molecule has 2 N–H and O–H groups in total. The molecule has 1 aliphatic heterocycles. The van der Waals surface area contributed by atoms with E-state index in [-0.39, 0.29) is 0 Å². The predicted octanol–water partition coefficient (Wildman–Crippen LogP) is 1.72. The summed E-state index contributed by atoms with van der Waals surface area (Å²) in [6.45, 7) is 2.89. The quantitative estimate of drug-likeness (QED) is 0.890. The third-order valence-electron chi connectivity index (χ3n) is 4.32. The minimum atomic E-state index is 0.309. The molecule has 1 aromatic rings. The topological polar surface area (TPSA) is 41.7 Å². The van der Waals surface area contributed by atoms with Gasteiger partial charge in [-0.3, -0.25) is 4.90 Å². The molecular formula is C16H27N3O. The summed E-state index contributed by atoms with van der Waals surface area (Å²) in [4.78, 5) is 4.85. The molecule has 0 aromatic heterocycles. The highest BCUT2D eigenvalue weighted by Crippen LogP contribution is 2.26. The van der Waals surface area contributed by atoms with Crippen molar-refractivity contribution in [3.8, 4) is 5.75 Å². The SMILES string of the molecule is COc1ccc(C(CN)N2CCCC(N(C)C)C2)cc1. The third-order valence-corrected chi connectivity index (χ3v) is 4.32. The summed E-state index contributed by atoms with van der Waals surface area (Å²) >= 11 is 0. The van der Waals surface area contributed by atoms with Crippen LogP contribution in [-0.4, -0.2) is 56.7 Å². The highest BCUT2D eigenvalue weighted by atomic mass is 16.5. The second kappa shape index (κ2) is 7.07. The fourth-order valence-electron chi connectivity index (χ4n) is 3.01. The van der Waals surface area contributed by atoms with Crippen LogP contribution in [0.3, 0.4) is 0 Å². The monoisotopic (exact) mass is 277 g/mol. The molecule has 2 rings (SSSR count). The smallest absolute Gasteiger partial charge is 0.118 e. The van der Waals surface area contributed by atoms with Gasteiger partial charge in [0.25, 0.3) is 0 Å². The molecule has 2 unspecified atom stereocenters. The van der Waals surface area contributed by atoms with Gasteiger partial charge in [0.2, 0.25) is 0 Å². The number of benzene rings is 1. The second-order valence-electron chi connectivity index (χ2n) is 5.78. The summed E-state index contributed by atoms with van der Waals surface area (Å²) in [6, 6.07) is 9.25. The largest absolute Gasteiger partial charge is 0.497 e. The van der Waals surface area contributed by atoms with E-state index in [1.807, 2.05) is 12.1 Å². The van der Waals surface area contributed by atoms with Crippen molar-refractivity contribution in [2.45, 2.75) is 24.9 Å². The molecule has 2 atom stereocenters. The van der Waals surface area contributed by atoms with Gasteiger partial charge >= 0.3 is 0 Å². The lowest BCUT2D eigenvalue weighted by Gasteiger charge is -2.40. The zero-order chi connectivity index (χ0) is 14.5. The van der Waals surface area contributed by atoms with Crippen LogP contribution in [0, 0.1) is 0 Å². The van der Waals surface area contributed by atoms with Crippen molar-refractivity contribution in [2.24, 2.45) is 5.73 Å². The Morgan fingerprint density at radius 1 is 1.35 bits per heavy atom. The minimum Gasteiger partial charge on any atom is -0.497 e. The summed E-state index contributed by atoms with van der Waals surface area (Å²) in [5.41, 5.74) is 7.33. The number of likely N-dealkylation sites (tertiary alicyclic amines) is 1. The van der Waals surface area contributed by atoms with E-state index in [1.54, 1.807) is 7.11 Å². The Morgan fingerprint density at radius 3 is 2.60 bits per heavy atom. The highest BCUT2D eigenvalue weighted by Gasteiger charge is 2.27. The molecular weight excluding hydrogens is 250 g/mol. The van der Waals surface area contributed by atoms with E-state index in [9.17, 15) is 0 Å². The summed E-state index contributed by atoms with van der Waals surface area (Å²) in [7, 11) is 6.03. The zero-order valence-corrected chi connectivity index (χ0v) is 12.9. The number of piperidine rings is 1. The molecule has 20 heavy (non-hydrogen) atoms. The first-order valence-corrected chi connectivity index (χ1v) is 7.40. The Balaban J connectivity index is 2.10. The number of rotatable bonds is 5. The van der Waals surface area contributed by atoms with Gasteiger partial charge in [0.05, 0.1) is 7.11 Å². The van der Waals surface area contributed by atoms with Gasteiger partial charge in [-0.05, 0) is 51.2 Å². The van der Waals surface area contributed by atoms with Crippen LogP contribution in [0.15, 0.2) is 24.3 Å². The van der Waals surface area contributed by atoms with E-state index in [4.69, 9.17) is 10.5 Å². The first-order chi connectivity index (χ1) is 9.65. The van der Waals surface area contributed by atoms with Crippen molar-refractivity contribution >= 4 is 0 Å². The average Bonchev–Trinajstić information content (AvgIpc) is 2.49. The van der Waals surface area contributed by atoms with Gasteiger partial charge in [0.15, 0.2) is 0 Å². The van der Waals surface area contributed by atoms with Crippen molar-refractivity contribution < 1.29 is 4.74 Å². The fourth-order valence-corrected chi connectivity index (χ4v) is 3.01. The number of nitrogens with zero attached hydrogens (tertiary/aromatic N) is 2. The molecule has 0 aliphatic carbocycles. The normalized spacial score (nSPS) is 21.9. The van der Waals surface area contributed by atoms with Gasteiger partial charge in [-0.15, -0.1) is 0 Å². The summed E-state index contributed by atoms with van der Waals surface area (Å²) in [5, 5.41) is 0. The van der Waals surface area contributed by atoms with Crippen LogP contribution in [0.2, 0.25) is 0 Å². The van der Waals surface area contributed by atoms with Crippen LogP contribution in [0.4, 0.5) is 0 Å². The number of methoxy groups -OCH3 is 1. The number of ether oxygens (including phenoxy) is 1. The predicted molar refractivity (Wildman–Crippen MR) is 83.1 cm³/mol. The van der Waals surface area contributed by atoms with Gasteiger partial charge in [0, 0.05) is 25.2 Å². The van der Waals surface area contributed by atoms with Gasteiger partial charge in [-0.25, -0.2) is 0 Å². The van der Waals surface area contributed by atoms with Crippen molar-refractivity contribution in [1.82, 2.24) is 9.80 Å². The van der Waals surface area contributed by atoms with E-state index < -0.39 is 0 Å². The maximum absolute atomic E-state index is 6.04. The van der Waals surface area contributed by atoms with Gasteiger partial charge in [-0.2, -0.15) is 0 Å². The fraction of sp³-hybridized carbons (Fsp3) is 0.625. The zero-order valence-electron chi connectivity index (χ0n) is 12.9. The van der Waals surface area contributed by atoms with Crippen LogP contribution >= 0.6 is 0 Å². The van der Waals surface area contributed by atoms with E-state index in [1.165, 1.54) is 18.4 Å². The maximum Gasteiger partial charge on any atom is 0.118 e. The molecule has 1 aliphatic rings. The van der Waals surface area contributed by atoms with Gasteiger partial charge in [0.1, 0.15) is 5.75 Å². The summed E-state index contributed by atoms with van der Waals surface area (Å²) in [6.07, 6.45) is 2.53. The standard InChI is InChI=1S/C16H27N3O/c1-18(2)14-5-4-10-19(12-14)16(11-17)13-6-8-15(20-3)9-7-13/h6-9,14,16H,4-5,10-12,17H2,1-3H3. The molecule has 0 amide bonds. The Kier molecular flexibility index (Phi) is 5.40. The molecule has 4 heteroatoms. The molecule has 0 bridgehead atoms. The maximum atomic E-state index is 6.04. The third kappa shape index (κ3) is 3.51. The Morgan fingerprint density at radius 2 is 2.05 bits per heavy atom. The molecule has 0 saturated carbocycles. The lowest BCUT2D eigenvalue weighted by atomic mass is 9.99. The second-order valence-corrected chi connectivity index (χ2v) is 5.78. The van der Waals surface area contributed by atoms with Gasteiger partial charge in [-0.1, -0.05) is 12.1 Å². The Hall–Kier alpha value is -1.10. The summed E-state index contributed by atoms with van der Waals surface area (Å²) in [5.74, 6) is 0.898. The van der Waals surface area contributed by atoms with Gasteiger partial charge < -0.3 is 15.4 Å². The van der Waals surface area contributed by atoms with E-state index in [2.05, 4.69) is 36.0 Å². The van der Waals surface area contributed by atoms with Crippen LogP contribution in [0.1, 0.15) is 24.4 Å². The van der Waals surface area contributed by atoms with E-state index in [0.717, 1.165) is 18.8 Å². The first-order valence-electron chi connectivity index (χ1n) is 7.40. The Labute approximate surface area is 122 Å². The number of likely N-dealkylation sites (N-methyl/N-ethyl adjacent to an activating group) is 1. The summed E-state index contributed by atoms with van der Waals surface area (Å²) < 4.78 is 5.23. The van der Waals surface area contributed by atoms with Crippen LogP contribution in [0.25, 0.3) is 0 Å². The molecule has 4 nitrogen and oxygen atoms in total. The molecule has 0 spiro atoms. The van der Waals surface area contributed by atoms with Crippen LogP contribution in [-0.2, 0) is 0 Å². The molecule has 112 valence electrons. The van der Waals surface area contributed by atoms with Crippen molar-refractivity contribution in [2.75, 3.05) is 40.8 Å².